The van der Waals surface area contributed by atoms with Crippen molar-refractivity contribution in [2.24, 2.45) is 0 Å². The predicted molar refractivity (Wildman–Crippen MR) is 139 cm³/mol. The number of carbonyl (C=O) groups excluding carboxylic acids is 3. The number of carbonyl (C=O) groups is 3. The van der Waals surface area contributed by atoms with Gasteiger partial charge in [0.1, 0.15) is 22.2 Å². The summed E-state index contributed by atoms with van der Waals surface area (Å²) in [5.41, 5.74) is 3.76. The van der Waals surface area contributed by atoms with Crippen LogP contribution in [0.25, 0.3) is 0 Å². The van der Waals surface area contributed by atoms with Gasteiger partial charge in [-0.05, 0) is 67.4 Å². The molecule has 8 nitrogen and oxygen atoms in total. The lowest BCUT2D eigenvalue weighted by atomic mass is 10.1. The number of anilines is 3. The summed E-state index contributed by atoms with van der Waals surface area (Å²) in [5, 5.41) is 5.49. The average molecular weight is 506 g/mol. The summed E-state index contributed by atoms with van der Waals surface area (Å²) < 4.78 is 10.5. The quantitative estimate of drug-likeness (QED) is 0.438. The Morgan fingerprint density at radius 1 is 0.861 bits per heavy atom. The first-order chi connectivity index (χ1) is 17.2. The number of rotatable bonds is 7. The molecule has 0 unspecified atom stereocenters. The largest absolute Gasteiger partial charge is 0.497 e. The lowest BCUT2D eigenvalue weighted by molar-refractivity contribution is -0.120. The van der Waals surface area contributed by atoms with Crippen molar-refractivity contribution in [1.29, 1.82) is 0 Å². The molecule has 0 fully saturated rings. The van der Waals surface area contributed by atoms with Crippen molar-refractivity contribution in [1.82, 2.24) is 0 Å². The molecular weight excluding hydrogens is 482 g/mol. The lowest BCUT2D eigenvalue weighted by Crippen LogP contribution is -2.32. The van der Waals surface area contributed by atoms with Gasteiger partial charge in [0, 0.05) is 23.0 Å². The topological polar surface area (TPSA) is 97.0 Å². The third kappa shape index (κ3) is 4.76. The summed E-state index contributed by atoms with van der Waals surface area (Å²) in [5.74, 6) is -0.898. The summed E-state index contributed by atoms with van der Waals surface area (Å²) in [4.78, 5) is 39.8. The standard InChI is InChI=1S/C27H24ClN3O5/c1-15-8-9-19(12-16(15)2)30-25(32)17-6-5-7-18(13-17)29-24-23(28)26(33)31(27(24)34)21-11-10-20(35-3)14-22(21)36-4/h5-14,29H,1-4H3,(H,30,32). The van der Waals surface area contributed by atoms with Crippen molar-refractivity contribution in [3.05, 3.63) is 88.1 Å². The second kappa shape index (κ2) is 10.1. The van der Waals surface area contributed by atoms with Crippen molar-refractivity contribution in [2.75, 3.05) is 29.8 Å². The van der Waals surface area contributed by atoms with Gasteiger partial charge < -0.3 is 20.1 Å². The van der Waals surface area contributed by atoms with Crippen molar-refractivity contribution in [3.8, 4) is 11.5 Å². The zero-order valence-corrected chi connectivity index (χ0v) is 20.9. The molecule has 1 aliphatic rings. The minimum Gasteiger partial charge on any atom is -0.497 e. The fourth-order valence-corrected chi connectivity index (χ4v) is 3.92. The predicted octanol–water partition coefficient (Wildman–Crippen LogP) is 5.01. The van der Waals surface area contributed by atoms with Crippen LogP contribution in [-0.4, -0.2) is 31.9 Å². The maximum absolute atomic E-state index is 13.2. The first-order valence-electron chi connectivity index (χ1n) is 11.0. The number of methoxy groups -OCH3 is 2. The Labute approximate surface area is 213 Å². The maximum Gasteiger partial charge on any atom is 0.283 e. The van der Waals surface area contributed by atoms with Gasteiger partial charge in [-0.2, -0.15) is 0 Å². The molecule has 4 rings (SSSR count). The monoisotopic (exact) mass is 505 g/mol. The SMILES string of the molecule is COc1ccc(N2C(=O)C(Cl)=C(Nc3cccc(C(=O)Nc4ccc(C)c(C)c4)c3)C2=O)c(OC)c1. The van der Waals surface area contributed by atoms with Gasteiger partial charge in [0.05, 0.1) is 19.9 Å². The highest BCUT2D eigenvalue weighted by molar-refractivity contribution is 6.53. The van der Waals surface area contributed by atoms with Crippen LogP contribution in [0.5, 0.6) is 11.5 Å². The van der Waals surface area contributed by atoms with E-state index in [1.165, 1.54) is 14.2 Å². The van der Waals surface area contributed by atoms with Crippen molar-refractivity contribution >= 4 is 46.4 Å². The third-order valence-corrected chi connectivity index (χ3v) is 6.16. The Balaban J connectivity index is 1.56. The van der Waals surface area contributed by atoms with E-state index < -0.39 is 11.8 Å². The molecule has 3 amide bonds. The smallest absolute Gasteiger partial charge is 0.283 e. The molecule has 0 saturated carbocycles. The van der Waals surface area contributed by atoms with Crippen molar-refractivity contribution < 1.29 is 23.9 Å². The normalized spacial score (nSPS) is 13.2. The summed E-state index contributed by atoms with van der Waals surface area (Å²) >= 11 is 6.27. The second-order valence-corrected chi connectivity index (χ2v) is 8.51. The highest BCUT2D eigenvalue weighted by Crippen LogP contribution is 2.37. The van der Waals surface area contributed by atoms with Gasteiger partial charge in [0.15, 0.2) is 0 Å². The van der Waals surface area contributed by atoms with E-state index in [1.54, 1.807) is 42.5 Å². The summed E-state index contributed by atoms with van der Waals surface area (Å²) in [6.45, 7) is 3.97. The summed E-state index contributed by atoms with van der Waals surface area (Å²) in [6.07, 6.45) is 0. The third-order valence-electron chi connectivity index (χ3n) is 5.81. The Morgan fingerprint density at radius 3 is 2.33 bits per heavy atom. The van der Waals surface area contributed by atoms with E-state index >= 15 is 0 Å². The number of amides is 3. The number of ether oxygens (including phenoxy) is 2. The van der Waals surface area contributed by atoms with E-state index in [9.17, 15) is 14.4 Å². The molecule has 0 aliphatic carbocycles. The van der Waals surface area contributed by atoms with E-state index in [2.05, 4.69) is 10.6 Å². The molecule has 2 N–H and O–H groups in total. The van der Waals surface area contributed by atoms with Crippen molar-refractivity contribution in [3.63, 3.8) is 0 Å². The van der Waals surface area contributed by atoms with E-state index in [1.807, 2.05) is 32.0 Å². The molecule has 3 aromatic carbocycles. The Bertz CT molecular complexity index is 1420. The minimum absolute atomic E-state index is 0.105. The fourth-order valence-electron chi connectivity index (χ4n) is 3.70. The van der Waals surface area contributed by atoms with Crippen LogP contribution >= 0.6 is 11.6 Å². The van der Waals surface area contributed by atoms with Crippen LogP contribution in [0.2, 0.25) is 0 Å². The number of benzene rings is 3. The molecule has 0 aromatic heterocycles. The summed E-state index contributed by atoms with van der Waals surface area (Å²) in [6, 6.07) is 16.9. The van der Waals surface area contributed by atoms with Crippen LogP contribution in [0.4, 0.5) is 17.1 Å². The van der Waals surface area contributed by atoms with Crippen LogP contribution in [0.15, 0.2) is 71.4 Å². The Morgan fingerprint density at radius 2 is 1.64 bits per heavy atom. The first-order valence-corrected chi connectivity index (χ1v) is 11.4. The maximum atomic E-state index is 13.2. The molecule has 9 heteroatoms. The van der Waals surface area contributed by atoms with Gasteiger partial charge in [-0.1, -0.05) is 23.7 Å². The number of halogens is 1. The van der Waals surface area contributed by atoms with Gasteiger partial charge in [0.2, 0.25) is 0 Å². The molecule has 0 atom stereocenters. The van der Waals surface area contributed by atoms with Crippen LogP contribution < -0.4 is 25.0 Å². The molecule has 1 aliphatic heterocycles. The van der Waals surface area contributed by atoms with E-state index in [4.69, 9.17) is 21.1 Å². The minimum atomic E-state index is -0.698. The Hall–Kier alpha value is -4.30. The highest BCUT2D eigenvalue weighted by Gasteiger charge is 2.40. The molecule has 0 saturated heterocycles. The molecule has 3 aromatic rings. The number of nitrogens with one attached hydrogen (secondary N) is 2. The molecule has 1 heterocycles. The van der Waals surface area contributed by atoms with Crippen LogP contribution in [-0.2, 0) is 9.59 Å². The number of aryl methyl sites for hydroxylation is 2. The van der Waals surface area contributed by atoms with Gasteiger partial charge in [-0.15, -0.1) is 0 Å². The molecule has 0 radical (unpaired) electrons. The number of imide groups is 1. The number of hydrogen-bond donors (Lipinski definition) is 2. The van der Waals surface area contributed by atoms with E-state index in [-0.39, 0.29) is 28.1 Å². The first kappa shape index (κ1) is 24.8. The summed E-state index contributed by atoms with van der Waals surface area (Å²) in [7, 11) is 2.92. The average Bonchev–Trinajstić information content (AvgIpc) is 3.08. The zero-order valence-electron chi connectivity index (χ0n) is 20.1. The molecule has 0 spiro atoms. The highest BCUT2D eigenvalue weighted by atomic mass is 35.5. The molecular formula is C27H24ClN3O5. The van der Waals surface area contributed by atoms with Crippen LogP contribution in [0, 0.1) is 13.8 Å². The Kier molecular flexibility index (Phi) is 6.98. The zero-order chi connectivity index (χ0) is 26.0. The van der Waals surface area contributed by atoms with Crippen molar-refractivity contribution in [2.45, 2.75) is 13.8 Å². The second-order valence-electron chi connectivity index (χ2n) is 8.13. The van der Waals surface area contributed by atoms with Gasteiger partial charge in [-0.25, -0.2) is 4.90 Å². The molecule has 36 heavy (non-hydrogen) atoms. The van der Waals surface area contributed by atoms with Gasteiger partial charge in [-0.3, -0.25) is 14.4 Å². The van der Waals surface area contributed by atoms with E-state index in [0.29, 0.717) is 22.7 Å². The van der Waals surface area contributed by atoms with Gasteiger partial charge >= 0.3 is 0 Å². The fraction of sp³-hybridized carbons (Fsp3) is 0.148. The lowest BCUT2D eigenvalue weighted by Gasteiger charge is -2.18. The number of nitrogens with zero attached hydrogens (tertiary/aromatic N) is 1. The van der Waals surface area contributed by atoms with Crippen LogP contribution in [0.3, 0.4) is 0 Å². The van der Waals surface area contributed by atoms with Crippen LogP contribution in [0.1, 0.15) is 21.5 Å². The number of hydrogen-bond acceptors (Lipinski definition) is 6. The molecule has 0 bridgehead atoms. The van der Waals surface area contributed by atoms with Gasteiger partial charge in [0.25, 0.3) is 17.7 Å². The molecule has 184 valence electrons. The van der Waals surface area contributed by atoms with E-state index in [0.717, 1.165) is 16.0 Å².